The van der Waals surface area contributed by atoms with E-state index in [1.54, 1.807) is 18.2 Å². The minimum Gasteiger partial charge on any atom is -0.318 e. The predicted octanol–water partition coefficient (Wildman–Crippen LogP) is 6.30. The molecule has 0 radical (unpaired) electrons. The average molecular weight is 482 g/mol. The topological polar surface area (TPSA) is 28.0 Å². The Morgan fingerprint density at radius 3 is 2.53 bits per heavy atom. The molecular formula is C23H23F4N3S2. The molecule has 0 aromatic heterocycles. The van der Waals surface area contributed by atoms with Gasteiger partial charge in [0.2, 0.25) is 0 Å². The molecule has 0 aliphatic carbocycles. The Hall–Kier alpha value is -2.13. The lowest BCUT2D eigenvalue weighted by Crippen LogP contribution is -2.25. The number of anilines is 1. The first-order valence-corrected chi connectivity index (χ1v) is 12.8. The van der Waals surface area contributed by atoms with Crippen LogP contribution in [0.15, 0.2) is 52.7 Å². The van der Waals surface area contributed by atoms with Crippen LogP contribution in [0.1, 0.15) is 30.4 Å². The first kappa shape index (κ1) is 23.0. The summed E-state index contributed by atoms with van der Waals surface area (Å²) >= 11 is 1.92. The molecule has 32 heavy (non-hydrogen) atoms. The monoisotopic (exact) mass is 481 g/mol. The number of benzene rings is 2. The van der Waals surface area contributed by atoms with Crippen LogP contribution in [0.4, 0.5) is 23.2 Å². The molecule has 0 bridgehead atoms. The molecule has 0 saturated carbocycles. The number of hydrogen-bond acceptors (Lipinski definition) is 4. The molecule has 3 nitrogen and oxygen atoms in total. The van der Waals surface area contributed by atoms with E-state index in [4.69, 9.17) is 0 Å². The van der Waals surface area contributed by atoms with Crippen molar-refractivity contribution in [3.63, 3.8) is 0 Å². The summed E-state index contributed by atoms with van der Waals surface area (Å²) in [6.45, 7) is 0.233. The van der Waals surface area contributed by atoms with Crippen molar-refractivity contribution in [2.75, 3.05) is 15.8 Å². The van der Waals surface area contributed by atoms with Crippen molar-refractivity contribution < 1.29 is 17.6 Å². The van der Waals surface area contributed by atoms with Crippen molar-refractivity contribution in [3.8, 4) is 0 Å². The summed E-state index contributed by atoms with van der Waals surface area (Å²) in [5.41, 5.74) is 1.54. The van der Waals surface area contributed by atoms with E-state index in [0.29, 0.717) is 27.8 Å². The van der Waals surface area contributed by atoms with E-state index in [2.05, 4.69) is 16.1 Å². The summed E-state index contributed by atoms with van der Waals surface area (Å²) in [4.78, 5) is 0. The largest absolute Gasteiger partial charge is 0.318 e. The molecule has 1 fully saturated rings. The standard InChI is InChI=1S/C23H23F4N3S2/c1-32(19-7-9-31-10-8-19)30(18-4-2-3-17(24)12-18)14-16-6-5-15(11-20(16)25)21-13-22(23(26)27)29-28-21/h2-6,11-12,19,23H,1,7-10,13-14H2. The lowest BCUT2D eigenvalue weighted by molar-refractivity contribution is 0.224. The third-order valence-electron chi connectivity index (χ3n) is 5.53. The molecule has 2 aromatic rings. The molecule has 4 rings (SSSR count). The molecule has 170 valence electrons. The highest BCUT2D eigenvalue weighted by Crippen LogP contribution is 2.39. The Morgan fingerprint density at radius 1 is 1.09 bits per heavy atom. The van der Waals surface area contributed by atoms with E-state index in [9.17, 15) is 13.2 Å². The van der Waals surface area contributed by atoms with Gasteiger partial charge in [-0.3, -0.25) is 0 Å². The molecule has 9 heteroatoms. The second kappa shape index (κ2) is 10.2. The molecule has 0 amide bonds. The molecule has 0 spiro atoms. The molecule has 2 heterocycles. The maximum atomic E-state index is 15.1. The van der Waals surface area contributed by atoms with Gasteiger partial charge in [0, 0.05) is 28.5 Å². The van der Waals surface area contributed by atoms with Crippen LogP contribution in [0.25, 0.3) is 0 Å². The number of halogens is 4. The van der Waals surface area contributed by atoms with Gasteiger partial charge in [0.25, 0.3) is 6.43 Å². The SMILES string of the molecule is C=S(C1CCSCC1)N(Cc1ccc(C2=NN=C(C(F)F)C2)cc1F)c1cccc(F)c1. The predicted molar refractivity (Wildman–Crippen MR) is 129 cm³/mol. The highest BCUT2D eigenvalue weighted by Gasteiger charge is 2.24. The van der Waals surface area contributed by atoms with Crippen molar-refractivity contribution >= 4 is 45.4 Å². The van der Waals surface area contributed by atoms with Crippen molar-refractivity contribution in [2.24, 2.45) is 10.2 Å². The normalized spacial score (nSPS) is 17.9. The number of alkyl halides is 2. The quantitative estimate of drug-likeness (QED) is 0.343. The van der Waals surface area contributed by atoms with E-state index < -0.39 is 22.9 Å². The average Bonchev–Trinajstić information content (AvgIpc) is 3.29. The summed E-state index contributed by atoms with van der Waals surface area (Å²) in [6.07, 6.45) is -0.713. The van der Waals surface area contributed by atoms with Crippen LogP contribution in [-0.4, -0.2) is 40.5 Å². The molecule has 1 atom stereocenters. The summed E-state index contributed by atoms with van der Waals surface area (Å²) < 4.78 is 56.6. The fourth-order valence-corrected chi connectivity index (χ4v) is 6.96. The second-order valence-corrected chi connectivity index (χ2v) is 10.8. The summed E-state index contributed by atoms with van der Waals surface area (Å²) in [5.74, 6) is 5.70. The maximum Gasteiger partial charge on any atom is 0.278 e. The van der Waals surface area contributed by atoms with E-state index in [1.165, 1.54) is 18.2 Å². The molecule has 1 saturated heterocycles. The van der Waals surface area contributed by atoms with Crippen molar-refractivity contribution in [1.29, 1.82) is 0 Å². The molecule has 2 aliphatic rings. The highest BCUT2D eigenvalue weighted by molar-refractivity contribution is 8.15. The van der Waals surface area contributed by atoms with Crippen molar-refractivity contribution in [2.45, 2.75) is 37.5 Å². The lowest BCUT2D eigenvalue weighted by Gasteiger charge is -2.35. The number of rotatable bonds is 7. The second-order valence-electron chi connectivity index (χ2n) is 7.65. The number of nitrogens with zero attached hydrogens (tertiary/aromatic N) is 3. The van der Waals surface area contributed by atoms with E-state index >= 15 is 4.39 Å². The lowest BCUT2D eigenvalue weighted by atomic mass is 10.0. The van der Waals surface area contributed by atoms with Gasteiger partial charge in [-0.2, -0.15) is 22.0 Å². The number of hydrogen-bond donors (Lipinski definition) is 0. The minimum absolute atomic E-state index is 0.0894. The van der Waals surface area contributed by atoms with Gasteiger partial charge in [0.05, 0.1) is 12.3 Å². The Bertz CT molecular complexity index is 1060. The fourth-order valence-electron chi connectivity index (χ4n) is 3.73. The van der Waals surface area contributed by atoms with Gasteiger partial charge < -0.3 is 4.31 Å². The molecule has 1 unspecified atom stereocenters. The third kappa shape index (κ3) is 5.26. The van der Waals surface area contributed by atoms with Crippen LogP contribution >= 0.6 is 22.4 Å². The maximum absolute atomic E-state index is 15.1. The zero-order valence-electron chi connectivity index (χ0n) is 17.3. The molecule has 2 aromatic carbocycles. The molecule has 2 aliphatic heterocycles. The molecule has 0 N–H and O–H groups in total. The minimum atomic E-state index is -2.67. The Balaban J connectivity index is 1.57. The van der Waals surface area contributed by atoms with Crippen molar-refractivity contribution in [1.82, 2.24) is 0 Å². The summed E-state index contributed by atoms with van der Waals surface area (Å²) in [5, 5.41) is 7.64. The first-order chi connectivity index (χ1) is 15.4. The Morgan fingerprint density at radius 2 is 1.88 bits per heavy atom. The smallest absolute Gasteiger partial charge is 0.278 e. The van der Waals surface area contributed by atoms with Gasteiger partial charge in [0.1, 0.15) is 17.3 Å². The van der Waals surface area contributed by atoms with Gasteiger partial charge in [-0.1, -0.05) is 34.7 Å². The van der Waals surface area contributed by atoms with E-state index in [-0.39, 0.29) is 24.5 Å². The summed E-state index contributed by atoms with van der Waals surface area (Å²) in [7, 11) is -0.468. The van der Waals surface area contributed by atoms with Gasteiger partial charge in [-0.05, 0) is 48.6 Å². The van der Waals surface area contributed by atoms with Gasteiger partial charge >= 0.3 is 0 Å². The van der Waals surface area contributed by atoms with Crippen LogP contribution < -0.4 is 4.31 Å². The Kier molecular flexibility index (Phi) is 7.35. The summed E-state index contributed by atoms with van der Waals surface area (Å²) in [6, 6.07) is 10.9. The van der Waals surface area contributed by atoms with Crippen LogP contribution in [0, 0.1) is 11.6 Å². The van der Waals surface area contributed by atoms with Crippen LogP contribution in [0.5, 0.6) is 0 Å². The van der Waals surface area contributed by atoms with Crippen molar-refractivity contribution in [3.05, 3.63) is 65.2 Å². The van der Waals surface area contributed by atoms with Gasteiger partial charge in [-0.25, -0.2) is 17.6 Å². The van der Waals surface area contributed by atoms with Gasteiger partial charge in [0.15, 0.2) is 0 Å². The van der Waals surface area contributed by atoms with Crippen LogP contribution in [0.3, 0.4) is 0 Å². The van der Waals surface area contributed by atoms with Crippen LogP contribution in [0.2, 0.25) is 0 Å². The van der Waals surface area contributed by atoms with E-state index in [0.717, 1.165) is 24.3 Å². The number of thioether (sulfide) groups is 1. The first-order valence-electron chi connectivity index (χ1n) is 10.3. The zero-order valence-corrected chi connectivity index (χ0v) is 18.9. The van der Waals surface area contributed by atoms with Gasteiger partial charge in [-0.15, -0.1) is 0 Å². The zero-order chi connectivity index (χ0) is 22.7. The Labute approximate surface area is 191 Å². The van der Waals surface area contributed by atoms with E-state index in [1.807, 2.05) is 22.1 Å². The highest BCUT2D eigenvalue weighted by atomic mass is 32.2. The van der Waals surface area contributed by atoms with Crippen LogP contribution in [-0.2, 0) is 6.54 Å². The fraction of sp³-hybridized carbons (Fsp3) is 0.348. The third-order valence-corrected chi connectivity index (χ3v) is 8.73. The molecular weight excluding hydrogens is 458 g/mol.